The Kier molecular flexibility index (Phi) is 2.89. The van der Waals surface area contributed by atoms with Crippen molar-refractivity contribution in [1.82, 2.24) is 0 Å². The highest BCUT2D eigenvalue weighted by Gasteiger charge is 2.38. The van der Waals surface area contributed by atoms with Gasteiger partial charge < -0.3 is 4.90 Å². The summed E-state index contributed by atoms with van der Waals surface area (Å²) in [4.78, 5) is 14.3. The molecule has 0 spiro atoms. The maximum Gasteiger partial charge on any atom is 0.231 e. The molecule has 19 heavy (non-hydrogen) atoms. The summed E-state index contributed by atoms with van der Waals surface area (Å²) in [5.74, 6) is 0.0900. The van der Waals surface area contributed by atoms with Crippen molar-refractivity contribution in [2.45, 2.75) is 19.3 Å². The number of fused-ring (bicyclic) bond motifs is 1. The maximum absolute atomic E-state index is 12.5. The predicted molar refractivity (Wildman–Crippen MR) is 74.0 cm³/mol. The molecule has 0 saturated carbocycles. The molecule has 2 heterocycles. The molecule has 102 valence electrons. The molecule has 0 aromatic heterocycles. The lowest BCUT2D eigenvalue weighted by atomic mass is 10.0. The number of carbonyl (C=O) groups excluding carboxylic acids is 1. The second-order valence-electron chi connectivity index (χ2n) is 5.51. The zero-order chi connectivity index (χ0) is 13.6. The van der Waals surface area contributed by atoms with Crippen LogP contribution in [0.2, 0.25) is 0 Å². The Balaban J connectivity index is 1.87. The van der Waals surface area contributed by atoms with Crippen LogP contribution in [0.1, 0.15) is 24.8 Å². The van der Waals surface area contributed by atoms with Gasteiger partial charge in [-0.25, -0.2) is 8.42 Å². The summed E-state index contributed by atoms with van der Waals surface area (Å²) < 4.78 is 23.0. The Hall–Kier alpha value is -1.36. The second kappa shape index (κ2) is 4.34. The molecule has 0 bridgehead atoms. The summed E-state index contributed by atoms with van der Waals surface area (Å²) in [5, 5.41) is 0. The van der Waals surface area contributed by atoms with E-state index in [1.54, 1.807) is 4.90 Å². The largest absolute Gasteiger partial charge is 0.311 e. The molecule has 1 fully saturated rings. The van der Waals surface area contributed by atoms with Crippen molar-refractivity contribution in [3.8, 4) is 0 Å². The van der Waals surface area contributed by atoms with Crippen LogP contribution in [0, 0.1) is 5.92 Å². The van der Waals surface area contributed by atoms with Crippen molar-refractivity contribution >= 4 is 21.4 Å². The summed E-state index contributed by atoms with van der Waals surface area (Å²) in [6.45, 7) is 2.76. The van der Waals surface area contributed by atoms with Gasteiger partial charge in [0, 0.05) is 18.2 Å². The van der Waals surface area contributed by atoms with E-state index in [0.717, 1.165) is 5.69 Å². The van der Waals surface area contributed by atoms with Crippen LogP contribution in [-0.2, 0) is 14.6 Å². The number of benzene rings is 1. The first-order valence-corrected chi connectivity index (χ1v) is 8.41. The summed E-state index contributed by atoms with van der Waals surface area (Å²) in [6, 6.07) is 7.88. The van der Waals surface area contributed by atoms with Crippen LogP contribution in [-0.4, -0.2) is 32.4 Å². The third kappa shape index (κ3) is 2.16. The third-order valence-electron chi connectivity index (χ3n) is 4.06. The molecule has 1 aromatic rings. The number of sulfone groups is 1. The summed E-state index contributed by atoms with van der Waals surface area (Å²) in [7, 11) is -3.01. The molecule has 2 aliphatic rings. The smallest absolute Gasteiger partial charge is 0.231 e. The standard InChI is InChI=1S/C14H17NO3S/c1-10-8-15(13-5-3-2-4-12(10)13)14(16)11-6-7-19(17,18)9-11/h2-5,10-11H,6-9H2,1H3/t10-,11-/m1/s1. The molecular formula is C14H17NO3S. The van der Waals surface area contributed by atoms with Gasteiger partial charge in [0.25, 0.3) is 0 Å². The predicted octanol–water partition coefficient (Wildman–Crippen LogP) is 1.57. The fourth-order valence-electron chi connectivity index (χ4n) is 3.04. The molecule has 1 saturated heterocycles. The normalized spacial score (nSPS) is 28.4. The molecule has 0 aliphatic carbocycles. The fraction of sp³-hybridized carbons (Fsp3) is 0.500. The van der Waals surface area contributed by atoms with Crippen LogP contribution in [0.3, 0.4) is 0 Å². The van der Waals surface area contributed by atoms with Gasteiger partial charge in [0.15, 0.2) is 9.84 Å². The van der Waals surface area contributed by atoms with Crippen molar-refractivity contribution in [3.63, 3.8) is 0 Å². The molecule has 0 N–H and O–H groups in total. The molecule has 3 rings (SSSR count). The van der Waals surface area contributed by atoms with Gasteiger partial charge in [-0.1, -0.05) is 25.1 Å². The van der Waals surface area contributed by atoms with E-state index >= 15 is 0 Å². The first-order chi connectivity index (χ1) is 8.98. The molecule has 1 amide bonds. The van der Waals surface area contributed by atoms with Crippen LogP contribution in [0.5, 0.6) is 0 Å². The van der Waals surface area contributed by atoms with Gasteiger partial charge in [-0.3, -0.25) is 4.79 Å². The van der Waals surface area contributed by atoms with Gasteiger partial charge in [0.2, 0.25) is 5.91 Å². The Labute approximate surface area is 113 Å². The van der Waals surface area contributed by atoms with Crippen LogP contribution in [0.15, 0.2) is 24.3 Å². The molecule has 1 aromatic carbocycles. The average Bonchev–Trinajstić information content (AvgIpc) is 2.90. The molecule has 2 atom stereocenters. The minimum absolute atomic E-state index is 0.0128. The third-order valence-corrected chi connectivity index (χ3v) is 5.83. The van der Waals surface area contributed by atoms with Crippen LogP contribution in [0.4, 0.5) is 5.69 Å². The quantitative estimate of drug-likeness (QED) is 0.784. The number of hydrogen-bond acceptors (Lipinski definition) is 3. The van der Waals surface area contributed by atoms with Gasteiger partial charge in [0.1, 0.15) is 0 Å². The first kappa shape index (κ1) is 12.7. The number of carbonyl (C=O) groups is 1. The molecule has 4 nitrogen and oxygen atoms in total. The molecular weight excluding hydrogens is 262 g/mol. The van der Waals surface area contributed by atoms with E-state index in [1.807, 2.05) is 24.3 Å². The van der Waals surface area contributed by atoms with E-state index in [0.29, 0.717) is 18.9 Å². The van der Waals surface area contributed by atoms with Crippen LogP contribution < -0.4 is 4.90 Å². The Morgan fingerprint density at radius 2 is 2.05 bits per heavy atom. The number of rotatable bonds is 1. The SMILES string of the molecule is C[C@@H]1CN(C(=O)[C@@H]2CCS(=O)(=O)C2)c2ccccc21. The summed E-state index contributed by atoms with van der Waals surface area (Å²) >= 11 is 0. The highest BCUT2D eigenvalue weighted by Crippen LogP contribution is 2.37. The van der Waals surface area contributed by atoms with E-state index in [9.17, 15) is 13.2 Å². The number of hydrogen-bond donors (Lipinski definition) is 0. The average molecular weight is 279 g/mol. The lowest BCUT2D eigenvalue weighted by molar-refractivity contribution is -0.121. The maximum atomic E-state index is 12.5. The highest BCUT2D eigenvalue weighted by atomic mass is 32.2. The monoisotopic (exact) mass is 279 g/mol. The van der Waals surface area contributed by atoms with E-state index in [2.05, 4.69) is 6.92 Å². The van der Waals surface area contributed by atoms with Crippen molar-refractivity contribution in [2.75, 3.05) is 23.0 Å². The van der Waals surface area contributed by atoms with Gasteiger partial charge in [-0.05, 0) is 18.1 Å². The topological polar surface area (TPSA) is 54.5 Å². The molecule has 2 aliphatic heterocycles. The Morgan fingerprint density at radius 1 is 1.32 bits per heavy atom. The number of amides is 1. The summed E-state index contributed by atoms with van der Waals surface area (Å²) in [6.07, 6.45) is 0.466. The zero-order valence-corrected chi connectivity index (χ0v) is 11.7. The highest BCUT2D eigenvalue weighted by molar-refractivity contribution is 7.91. The molecule has 0 radical (unpaired) electrons. The number of para-hydroxylation sites is 1. The summed E-state index contributed by atoms with van der Waals surface area (Å²) in [5.41, 5.74) is 2.13. The number of nitrogens with zero attached hydrogens (tertiary/aromatic N) is 1. The minimum atomic E-state index is -3.01. The minimum Gasteiger partial charge on any atom is -0.311 e. The Bertz CT molecular complexity index is 623. The zero-order valence-electron chi connectivity index (χ0n) is 10.9. The lowest BCUT2D eigenvalue weighted by Crippen LogP contribution is -2.35. The van der Waals surface area contributed by atoms with Crippen molar-refractivity contribution in [2.24, 2.45) is 5.92 Å². The Morgan fingerprint density at radius 3 is 2.74 bits per heavy atom. The molecule has 0 unspecified atom stereocenters. The van der Waals surface area contributed by atoms with E-state index in [-0.39, 0.29) is 23.3 Å². The van der Waals surface area contributed by atoms with E-state index in [1.165, 1.54) is 5.56 Å². The van der Waals surface area contributed by atoms with E-state index < -0.39 is 9.84 Å². The molecule has 5 heteroatoms. The van der Waals surface area contributed by atoms with Gasteiger partial charge >= 0.3 is 0 Å². The van der Waals surface area contributed by atoms with E-state index in [4.69, 9.17) is 0 Å². The van der Waals surface area contributed by atoms with Crippen LogP contribution in [0.25, 0.3) is 0 Å². The van der Waals surface area contributed by atoms with Crippen molar-refractivity contribution in [1.29, 1.82) is 0 Å². The first-order valence-electron chi connectivity index (χ1n) is 6.59. The van der Waals surface area contributed by atoms with Crippen molar-refractivity contribution < 1.29 is 13.2 Å². The van der Waals surface area contributed by atoms with Crippen molar-refractivity contribution in [3.05, 3.63) is 29.8 Å². The second-order valence-corrected chi connectivity index (χ2v) is 7.74. The lowest BCUT2D eigenvalue weighted by Gasteiger charge is -2.20. The van der Waals surface area contributed by atoms with Gasteiger partial charge in [-0.2, -0.15) is 0 Å². The van der Waals surface area contributed by atoms with Crippen LogP contribution >= 0.6 is 0 Å². The number of anilines is 1. The fourth-order valence-corrected chi connectivity index (χ4v) is 4.77. The van der Waals surface area contributed by atoms with Gasteiger partial charge in [-0.15, -0.1) is 0 Å². The van der Waals surface area contributed by atoms with Gasteiger partial charge in [0.05, 0.1) is 17.4 Å².